The number of pyridine rings is 1. The number of rotatable bonds is 8. The van der Waals surface area contributed by atoms with Gasteiger partial charge in [-0.05, 0) is 77.5 Å². The van der Waals surface area contributed by atoms with Gasteiger partial charge in [0, 0.05) is 35.8 Å². The normalized spacial score (nSPS) is 16.3. The molecule has 2 heterocycles. The maximum Gasteiger partial charge on any atom is 0.189 e. The molecule has 2 N–H and O–H groups in total. The van der Waals surface area contributed by atoms with Crippen LogP contribution in [0.3, 0.4) is 0 Å². The largest absolute Gasteiger partial charge is 0.494 e. The van der Waals surface area contributed by atoms with Crippen molar-refractivity contribution in [2.75, 3.05) is 19.8 Å². The molecule has 156 valence electrons. The first-order valence-electron chi connectivity index (χ1n) is 9.45. The molecule has 1 aliphatic heterocycles. The first-order chi connectivity index (χ1) is 13.8. The monoisotopic (exact) mass is 480 g/mol. The molecular formula is C21H25BrN2O4S. The van der Waals surface area contributed by atoms with Gasteiger partial charge in [-0.15, -0.1) is 0 Å². The van der Waals surface area contributed by atoms with E-state index < -0.39 is 14.6 Å². The number of aryl methyl sites for hydroxylation is 1. The van der Waals surface area contributed by atoms with E-state index in [1.54, 1.807) is 30.5 Å². The van der Waals surface area contributed by atoms with Crippen molar-refractivity contribution in [2.24, 2.45) is 5.73 Å². The molecule has 0 atom stereocenters. The summed E-state index contributed by atoms with van der Waals surface area (Å²) in [5.41, 5.74) is 7.23. The second kappa shape index (κ2) is 9.28. The fourth-order valence-electron chi connectivity index (χ4n) is 3.46. The Balaban J connectivity index is 1.62. The van der Waals surface area contributed by atoms with E-state index in [0.29, 0.717) is 38.4 Å². The SMILES string of the molecule is C=C(N)C1(S(=O)(=O)c2ccc(OCCCc3cncc(Br)c3)cc2)CCOCC1. The molecule has 6 nitrogen and oxygen atoms in total. The van der Waals surface area contributed by atoms with Crippen molar-refractivity contribution in [3.63, 3.8) is 0 Å². The minimum Gasteiger partial charge on any atom is -0.494 e. The zero-order chi connectivity index (χ0) is 20.9. The Morgan fingerprint density at radius 2 is 1.93 bits per heavy atom. The third-order valence-electron chi connectivity index (χ3n) is 5.17. The van der Waals surface area contributed by atoms with Crippen LogP contribution in [0.2, 0.25) is 0 Å². The van der Waals surface area contributed by atoms with Gasteiger partial charge >= 0.3 is 0 Å². The number of halogens is 1. The smallest absolute Gasteiger partial charge is 0.189 e. The van der Waals surface area contributed by atoms with Crippen molar-refractivity contribution in [3.8, 4) is 5.75 Å². The van der Waals surface area contributed by atoms with Crippen LogP contribution in [0.5, 0.6) is 5.75 Å². The Kier molecular flexibility index (Phi) is 6.97. The van der Waals surface area contributed by atoms with Gasteiger partial charge in [-0.25, -0.2) is 8.42 Å². The molecule has 0 radical (unpaired) electrons. The Morgan fingerprint density at radius 1 is 1.24 bits per heavy atom. The standard InChI is InChI=1S/C21H25BrN2O4S/c1-16(23)21(8-11-27-12-9-21)29(25,26)20-6-4-19(5-7-20)28-10-2-3-17-13-18(22)15-24-14-17/h4-7,13-15H,1-3,8-12,23H2. The molecule has 8 heteroatoms. The van der Waals surface area contributed by atoms with Crippen molar-refractivity contribution in [2.45, 2.75) is 35.3 Å². The summed E-state index contributed by atoms with van der Waals surface area (Å²) in [6.07, 6.45) is 5.89. The number of aromatic nitrogens is 1. The molecule has 0 spiro atoms. The molecule has 1 aromatic heterocycles. The van der Waals surface area contributed by atoms with Gasteiger partial charge in [0.2, 0.25) is 0 Å². The predicted octanol–water partition coefficient (Wildman–Crippen LogP) is 3.65. The van der Waals surface area contributed by atoms with E-state index in [2.05, 4.69) is 27.5 Å². The predicted molar refractivity (Wildman–Crippen MR) is 115 cm³/mol. The highest BCUT2D eigenvalue weighted by molar-refractivity contribution is 9.10. The number of nitrogens with zero attached hydrogens (tertiary/aromatic N) is 1. The lowest BCUT2D eigenvalue weighted by molar-refractivity contribution is 0.0823. The summed E-state index contributed by atoms with van der Waals surface area (Å²) in [5, 5.41) is 0. The lowest BCUT2D eigenvalue weighted by atomic mass is 9.96. The molecule has 0 unspecified atom stereocenters. The van der Waals surface area contributed by atoms with E-state index in [0.717, 1.165) is 22.9 Å². The van der Waals surface area contributed by atoms with Gasteiger partial charge in [-0.2, -0.15) is 0 Å². The summed E-state index contributed by atoms with van der Waals surface area (Å²) in [4.78, 5) is 4.36. The summed E-state index contributed by atoms with van der Waals surface area (Å²) in [5.74, 6) is 0.629. The van der Waals surface area contributed by atoms with Gasteiger partial charge in [0.25, 0.3) is 0 Å². The lowest BCUT2D eigenvalue weighted by Gasteiger charge is -2.36. The van der Waals surface area contributed by atoms with E-state index in [1.165, 1.54) is 0 Å². The summed E-state index contributed by atoms with van der Waals surface area (Å²) < 4.78 is 37.4. The number of ether oxygens (including phenoxy) is 2. The van der Waals surface area contributed by atoms with Gasteiger partial charge in [0.05, 0.1) is 11.5 Å². The van der Waals surface area contributed by atoms with Gasteiger partial charge in [-0.3, -0.25) is 4.98 Å². The van der Waals surface area contributed by atoms with E-state index >= 15 is 0 Å². The fourth-order valence-corrected chi connectivity index (χ4v) is 5.87. The summed E-state index contributed by atoms with van der Waals surface area (Å²) >= 11 is 3.41. The molecule has 2 aromatic rings. The molecule has 29 heavy (non-hydrogen) atoms. The van der Waals surface area contributed by atoms with Crippen molar-refractivity contribution >= 4 is 25.8 Å². The third-order valence-corrected chi connectivity index (χ3v) is 8.20. The van der Waals surface area contributed by atoms with Crippen molar-refractivity contribution < 1.29 is 17.9 Å². The zero-order valence-electron chi connectivity index (χ0n) is 16.1. The average Bonchev–Trinajstić information content (AvgIpc) is 2.72. The highest BCUT2D eigenvalue weighted by Crippen LogP contribution is 2.38. The molecule has 0 aliphatic carbocycles. The molecule has 1 aromatic carbocycles. The minimum atomic E-state index is -3.68. The number of nitrogens with two attached hydrogens (primary N) is 1. The zero-order valence-corrected chi connectivity index (χ0v) is 18.5. The summed E-state index contributed by atoms with van der Waals surface area (Å²) in [6, 6.07) is 8.54. The van der Waals surface area contributed by atoms with E-state index in [-0.39, 0.29) is 10.6 Å². The van der Waals surface area contributed by atoms with Crippen LogP contribution in [0.4, 0.5) is 0 Å². The van der Waals surface area contributed by atoms with Crippen LogP contribution in [0, 0.1) is 0 Å². The Labute approximate surface area is 180 Å². The molecule has 1 aliphatic rings. The molecule has 1 saturated heterocycles. The average molecular weight is 481 g/mol. The van der Waals surface area contributed by atoms with E-state index in [4.69, 9.17) is 15.2 Å². The van der Waals surface area contributed by atoms with Crippen molar-refractivity contribution in [1.29, 1.82) is 0 Å². The molecule has 0 saturated carbocycles. The molecule has 0 bridgehead atoms. The second-order valence-corrected chi connectivity index (χ2v) is 10.2. The number of benzene rings is 1. The summed E-state index contributed by atoms with van der Waals surface area (Å²) in [6.45, 7) is 4.98. The molecule has 3 rings (SSSR count). The second-order valence-electron chi connectivity index (χ2n) is 7.07. The van der Waals surface area contributed by atoms with Crippen LogP contribution in [-0.4, -0.2) is 38.0 Å². The van der Waals surface area contributed by atoms with Crippen LogP contribution < -0.4 is 10.5 Å². The molecule has 0 amide bonds. The third kappa shape index (κ3) is 4.82. The maximum absolute atomic E-state index is 13.3. The number of hydrogen-bond acceptors (Lipinski definition) is 6. The van der Waals surface area contributed by atoms with Crippen molar-refractivity contribution in [1.82, 2.24) is 4.98 Å². The van der Waals surface area contributed by atoms with E-state index in [9.17, 15) is 8.42 Å². The number of sulfone groups is 1. The van der Waals surface area contributed by atoms with Gasteiger partial charge < -0.3 is 15.2 Å². The van der Waals surface area contributed by atoms with Gasteiger partial charge in [0.15, 0.2) is 9.84 Å². The van der Waals surface area contributed by atoms with Crippen LogP contribution in [-0.2, 0) is 21.0 Å². The first kappa shape index (κ1) is 21.8. The van der Waals surface area contributed by atoms with Crippen LogP contribution in [0.25, 0.3) is 0 Å². The minimum absolute atomic E-state index is 0.170. The van der Waals surface area contributed by atoms with Gasteiger partial charge in [0.1, 0.15) is 10.5 Å². The fraction of sp³-hybridized carbons (Fsp3) is 0.381. The number of hydrogen-bond donors (Lipinski definition) is 1. The Hall–Kier alpha value is -1.90. The highest BCUT2D eigenvalue weighted by atomic mass is 79.9. The van der Waals surface area contributed by atoms with Crippen LogP contribution in [0.1, 0.15) is 24.8 Å². The van der Waals surface area contributed by atoms with E-state index in [1.807, 2.05) is 12.3 Å². The summed E-state index contributed by atoms with van der Waals surface area (Å²) in [7, 11) is -3.68. The topological polar surface area (TPSA) is 91.5 Å². The van der Waals surface area contributed by atoms with Gasteiger partial charge in [-0.1, -0.05) is 6.58 Å². The van der Waals surface area contributed by atoms with Crippen LogP contribution in [0.15, 0.2) is 64.4 Å². The quantitative estimate of drug-likeness (QED) is 0.579. The Morgan fingerprint density at radius 3 is 2.55 bits per heavy atom. The lowest BCUT2D eigenvalue weighted by Crippen LogP contribution is -2.47. The molecular weight excluding hydrogens is 456 g/mol. The Bertz CT molecular complexity index is 955. The first-order valence-corrected chi connectivity index (χ1v) is 11.7. The molecule has 1 fully saturated rings. The van der Waals surface area contributed by atoms with Crippen LogP contribution >= 0.6 is 15.9 Å². The van der Waals surface area contributed by atoms with Crippen molar-refractivity contribution in [3.05, 3.63) is 65.0 Å². The highest BCUT2D eigenvalue weighted by Gasteiger charge is 2.47. The maximum atomic E-state index is 13.3.